The SMILES string of the molecule is CCCCCCCC/C=C\CCCCCCCC1(OC2(CCCCCCC/C=C\CCCCCCCC)CCO2)CCO1. The first-order valence-electron chi connectivity index (χ1n) is 19.5. The van der Waals surface area contributed by atoms with E-state index in [-0.39, 0.29) is 11.6 Å². The first-order valence-corrected chi connectivity index (χ1v) is 19.5. The Kier molecular flexibility index (Phi) is 23.8. The summed E-state index contributed by atoms with van der Waals surface area (Å²) in [6.45, 7) is 6.26. The zero-order chi connectivity index (χ0) is 30.6. The Balaban J connectivity index is 1.43. The van der Waals surface area contributed by atoms with Crippen molar-refractivity contribution in [3.63, 3.8) is 0 Å². The van der Waals surface area contributed by atoms with Gasteiger partial charge in [0.25, 0.3) is 0 Å². The largest absolute Gasteiger partial charge is 0.349 e. The molecule has 0 aliphatic carbocycles. The summed E-state index contributed by atoms with van der Waals surface area (Å²) in [6, 6.07) is 0. The third kappa shape index (κ3) is 19.5. The van der Waals surface area contributed by atoms with Gasteiger partial charge in [-0.1, -0.05) is 141 Å². The summed E-state index contributed by atoms with van der Waals surface area (Å²) in [5, 5.41) is 0. The number of rotatable bonds is 32. The lowest BCUT2D eigenvalue weighted by Crippen LogP contribution is -2.57. The lowest BCUT2D eigenvalue weighted by Gasteiger charge is -2.51. The summed E-state index contributed by atoms with van der Waals surface area (Å²) in [6.07, 6.45) is 48.6. The molecule has 252 valence electrons. The lowest BCUT2D eigenvalue weighted by atomic mass is 9.95. The Hall–Kier alpha value is -0.640. The predicted octanol–water partition coefficient (Wildman–Crippen LogP) is 13.3. The van der Waals surface area contributed by atoms with Crippen LogP contribution in [-0.4, -0.2) is 24.8 Å². The Labute approximate surface area is 269 Å². The summed E-state index contributed by atoms with van der Waals surface area (Å²) in [4.78, 5) is 0. The highest BCUT2D eigenvalue weighted by Gasteiger charge is 2.50. The van der Waals surface area contributed by atoms with E-state index >= 15 is 0 Å². The zero-order valence-corrected chi connectivity index (χ0v) is 29.2. The van der Waals surface area contributed by atoms with E-state index in [1.54, 1.807) is 0 Å². The summed E-state index contributed by atoms with van der Waals surface area (Å²) in [7, 11) is 0. The highest BCUT2D eigenvalue weighted by molar-refractivity contribution is 4.87. The van der Waals surface area contributed by atoms with Gasteiger partial charge in [0.05, 0.1) is 13.2 Å². The number of ether oxygens (including phenoxy) is 3. The third-order valence-electron chi connectivity index (χ3n) is 9.71. The van der Waals surface area contributed by atoms with Crippen LogP contribution in [0, 0.1) is 0 Å². The maximum atomic E-state index is 6.67. The van der Waals surface area contributed by atoms with Crippen LogP contribution in [-0.2, 0) is 14.2 Å². The highest BCUT2D eigenvalue weighted by atomic mass is 16.8. The van der Waals surface area contributed by atoms with E-state index in [4.69, 9.17) is 14.2 Å². The van der Waals surface area contributed by atoms with Crippen LogP contribution in [0.5, 0.6) is 0 Å². The molecule has 0 amide bonds. The van der Waals surface area contributed by atoms with Crippen molar-refractivity contribution in [1.82, 2.24) is 0 Å². The average molecular weight is 603 g/mol. The average Bonchev–Trinajstić information content (AvgIpc) is 2.98. The van der Waals surface area contributed by atoms with E-state index in [9.17, 15) is 0 Å². The fraction of sp³-hybridized carbons (Fsp3) is 0.900. The van der Waals surface area contributed by atoms with Crippen LogP contribution in [0.4, 0.5) is 0 Å². The van der Waals surface area contributed by atoms with E-state index in [0.29, 0.717) is 0 Å². The van der Waals surface area contributed by atoms with Crippen LogP contribution in [0.3, 0.4) is 0 Å². The maximum Gasteiger partial charge on any atom is 0.173 e. The van der Waals surface area contributed by atoms with Crippen molar-refractivity contribution >= 4 is 0 Å². The molecule has 2 aliphatic rings. The molecule has 0 aromatic heterocycles. The molecule has 2 rings (SSSR count). The van der Waals surface area contributed by atoms with Crippen molar-refractivity contribution in [3.8, 4) is 0 Å². The first-order chi connectivity index (χ1) is 21.2. The Morgan fingerprint density at radius 2 is 0.698 bits per heavy atom. The van der Waals surface area contributed by atoms with Gasteiger partial charge in [0.2, 0.25) is 0 Å². The molecule has 0 radical (unpaired) electrons. The molecular formula is C40H74O3. The molecule has 2 unspecified atom stereocenters. The topological polar surface area (TPSA) is 27.7 Å². The normalized spacial score (nSPS) is 22.0. The monoisotopic (exact) mass is 603 g/mol. The fourth-order valence-corrected chi connectivity index (χ4v) is 6.59. The van der Waals surface area contributed by atoms with Crippen molar-refractivity contribution in [2.24, 2.45) is 0 Å². The molecule has 3 nitrogen and oxygen atoms in total. The molecule has 43 heavy (non-hydrogen) atoms. The zero-order valence-electron chi connectivity index (χ0n) is 29.2. The molecule has 0 aromatic carbocycles. The van der Waals surface area contributed by atoms with E-state index < -0.39 is 0 Å². The van der Waals surface area contributed by atoms with Gasteiger partial charge in [0.15, 0.2) is 11.6 Å². The molecule has 2 aliphatic heterocycles. The van der Waals surface area contributed by atoms with Gasteiger partial charge in [0.1, 0.15) is 0 Å². The summed E-state index contributed by atoms with van der Waals surface area (Å²) >= 11 is 0. The van der Waals surface area contributed by atoms with Crippen molar-refractivity contribution in [2.75, 3.05) is 13.2 Å². The molecule has 2 saturated heterocycles. The van der Waals surface area contributed by atoms with Crippen LogP contribution < -0.4 is 0 Å². The lowest BCUT2D eigenvalue weighted by molar-refractivity contribution is -0.432. The van der Waals surface area contributed by atoms with Crippen LogP contribution in [0.1, 0.15) is 206 Å². The minimum Gasteiger partial charge on any atom is -0.349 e. The van der Waals surface area contributed by atoms with E-state index in [1.165, 1.54) is 167 Å². The number of unbranched alkanes of at least 4 members (excludes halogenated alkanes) is 22. The van der Waals surface area contributed by atoms with Gasteiger partial charge in [0, 0.05) is 25.7 Å². The molecule has 3 heteroatoms. The minimum atomic E-state index is -0.360. The molecule has 2 heterocycles. The van der Waals surface area contributed by atoms with Gasteiger partial charge >= 0.3 is 0 Å². The van der Waals surface area contributed by atoms with Gasteiger partial charge in [-0.2, -0.15) is 0 Å². The number of allylic oxidation sites excluding steroid dienone is 4. The van der Waals surface area contributed by atoms with Crippen molar-refractivity contribution < 1.29 is 14.2 Å². The quantitative estimate of drug-likeness (QED) is 0.0566. The maximum absolute atomic E-state index is 6.67. The minimum absolute atomic E-state index is 0.360. The first kappa shape index (κ1) is 38.5. The fourth-order valence-electron chi connectivity index (χ4n) is 6.59. The van der Waals surface area contributed by atoms with Crippen LogP contribution in [0.15, 0.2) is 24.3 Å². The van der Waals surface area contributed by atoms with Gasteiger partial charge in [-0.05, 0) is 64.2 Å². The molecule has 0 aromatic rings. The molecule has 0 saturated carbocycles. The Bertz CT molecular complexity index is 605. The Morgan fingerprint density at radius 1 is 0.419 bits per heavy atom. The van der Waals surface area contributed by atoms with Gasteiger partial charge in [-0.3, -0.25) is 0 Å². The van der Waals surface area contributed by atoms with Crippen molar-refractivity contribution in [1.29, 1.82) is 0 Å². The van der Waals surface area contributed by atoms with Crippen LogP contribution in [0.25, 0.3) is 0 Å². The van der Waals surface area contributed by atoms with E-state index in [0.717, 1.165) is 38.9 Å². The molecule has 2 fully saturated rings. The van der Waals surface area contributed by atoms with Gasteiger partial charge < -0.3 is 14.2 Å². The van der Waals surface area contributed by atoms with Crippen LogP contribution in [0.2, 0.25) is 0 Å². The Morgan fingerprint density at radius 3 is 0.977 bits per heavy atom. The number of hydrogen-bond acceptors (Lipinski definition) is 3. The van der Waals surface area contributed by atoms with Crippen molar-refractivity contribution in [2.45, 2.75) is 218 Å². The molecule has 0 spiro atoms. The molecule has 0 bridgehead atoms. The summed E-state index contributed by atoms with van der Waals surface area (Å²) < 4.78 is 18.8. The summed E-state index contributed by atoms with van der Waals surface area (Å²) in [5.74, 6) is -0.719. The summed E-state index contributed by atoms with van der Waals surface area (Å²) in [5.41, 5.74) is 0. The second-order valence-corrected chi connectivity index (χ2v) is 13.8. The van der Waals surface area contributed by atoms with Crippen molar-refractivity contribution in [3.05, 3.63) is 24.3 Å². The van der Waals surface area contributed by atoms with Crippen LogP contribution >= 0.6 is 0 Å². The highest BCUT2D eigenvalue weighted by Crippen LogP contribution is 2.44. The second kappa shape index (κ2) is 26.6. The second-order valence-electron chi connectivity index (χ2n) is 13.8. The molecular weight excluding hydrogens is 528 g/mol. The van der Waals surface area contributed by atoms with Gasteiger partial charge in [-0.25, -0.2) is 0 Å². The van der Waals surface area contributed by atoms with E-state index in [2.05, 4.69) is 38.2 Å². The third-order valence-corrected chi connectivity index (χ3v) is 9.71. The van der Waals surface area contributed by atoms with Gasteiger partial charge in [-0.15, -0.1) is 0 Å². The smallest absolute Gasteiger partial charge is 0.173 e. The molecule has 0 N–H and O–H groups in total. The molecule has 2 atom stereocenters. The number of hydrogen-bond donors (Lipinski definition) is 0. The standard InChI is InChI=1S/C40H74O3/c1-3-5-7-9-11-13-15-17-19-21-23-25-27-29-31-33-39(35-37-41-39)43-40(36-38-42-40)34-32-30-28-26-24-22-20-18-16-14-12-10-8-6-4-2/h17-20H,3-16,21-38H2,1-2H3/b19-17-,20-18-. The van der Waals surface area contributed by atoms with E-state index in [1.807, 2.05) is 0 Å². The predicted molar refractivity (Wildman–Crippen MR) is 187 cm³/mol.